The van der Waals surface area contributed by atoms with Crippen molar-refractivity contribution in [3.05, 3.63) is 0 Å². The Bertz CT molecular complexity index is 238. The smallest absolute Gasteiger partial charge is 0.312 e. The zero-order chi connectivity index (χ0) is 10.1. The Kier molecular flexibility index (Phi) is 2.51. The zero-order valence-corrected chi connectivity index (χ0v) is 7.21. The van der Waals surface area contributed by atoms with Crippen molar-refractivity contribution in [2.24, 2.45) is 0 Å². The van der Waals surface area contributed by atoms with Gasteiger partial charge in [0, 0.05) is 7.05 Å². The Balaban J connectivity index is 2.44. The molecule has 1 fully saturated rings. The van der Waals surface area contributed by atoms with Crippen molar-refractivity contribution in [2.75, 3.05) is 26.7 Å². The third-order valence-electron chi connectivity index (χ3n) is 1.94. The van der Waals surface area contributed by atoms with Crippen molar-refractivity contribution in [3.8, 4) is 0 Å². The molecule has 0 radical (unpaired) electrons. The van der Waals surface area contributed by atoms with E-state index in [1.54, 1.807) is 0 Å². The van der Waals surface area contributed by atoms with Gasteiger partial charge in [0.25, 0.3) is 0 Å². The average Bonchev–Trinajstić information content (AvgIpc) is 2.10. The maximum Gasteiger partial charge on any atom is 0.312 e. The molecule has 1 heterocycles. The molecule has 1 aliphatic heterocycles. The van der Waals surface area contributed by atoms with Gasteiger partial charge in [-0.1, -0.05) is 0 Å². The second kappa shape index (κ2) is 3.29. The Hall–Kier alpha value is -1.17. The van der Waals surface area contributed by atoms with Crippen molar-refractivity contribution in [2.45, 2.75) is 5.67 Å². The topological polar surface area (TPSA) is 69.6 Å². The quantitative estimate of drug-likeness (QED) is 0.483. The highest BCUT2D eigenvalue weighted by Crippen LogP contribution is 2.24. The molecule has 0 spiro atoms. The minimum absolute atomic E-state index is 0.213. The number of aliphatic hydroxyl groups excluding tert-OH is 1. The Morgan fingerprint density at radius 3 is 2.54 bits per heavy atom. The first-order valence-electron chi connectivity index (χ1n) is 3.83. The number of rotatable bonds is 1. The van der Waals surface area contributed by atoms with Gasteiger partial charge in [0.1, 0.15) is 0 Å². The van der Waals surface area contributed by atoms with E-state index in [1.807, 2.05) is 0 Å². The summed E-state index contributed by atoms with van der Waals surface area (Å²) in [6.45, 7) is -1.05. The monoisotopic (exact) mass is 190 g/mol. The summed E-state index contributed by atoms with van der Waals surface area (Å²) in [5.74, 6) is -1.52. The number of likely N-dealkylation sites (tertiary alicyclic amines) is 1. The van der Waals surface area contributed by atoms with E-state index in [2.05, 4.69) is 5.32 Å². The lowest BCUT2D eigenvalue weighted by atomic mass is 9.97. The third kappa shape index (κ3) is 1.77. The summed E-state index contributed by atoms with van der Waals surface area (Å²) >= 11 is 0. The minimum Gasteiger partial charge on any atom is -0.393 e. The number of hydrogen-bond acceptors (Lipinski definition) is 3. The molecule has 0 aromatic heterocycles. The number of nitrogens with one attached hydrogen (secondary N) is 1. The molecular formula is C7H11FN2O3. The minimum atomic E-state index is -1.72. The van der Waals surface area contributed by atoms with E-state index in [9.17, 15) is 14.0 Å². The molecule has 0 unspecified atom stereocenters. The molecule has 0 aromatic carbocycles. The lowest BCUT2D eigenvalue weighted by molar-refractivity contribution is -0.157. The summed E-state index contributed by atoms with van der Waals surface area (Å²) in [4.78, 5) is 22.8. The summed E-state index contributed by atoms with van der Waals surface area (Å²) in [5, 5.41) is 10.7. The number of halogens is 1. The zero-order valence-electron chi connectivity index (χ0n) is 7.21. The van der Waals surface area contributed by atoms with Crippen LogP contribution in [0.1, 0.15) is 0 Å². The van der Waals surface area contributed by atoms with Crippen molar-refractivity contribution in [1.82, 2.24) is 10.2 Å². The van der Waals surface area contributed by atoms with Crippen LogP contribution in [0.25, 0.3) is 0 Å². The predicted octanol–water partition coefficient (Wildman–Crippen LogP) is -1.72. The van der Waals surface area contributed by atoms with Crippen LogP contribution in [0.3, 0.4) is 0 Å². The van der Waals surface area contributed by atoms with Crippen LogP contribution in [0, 0.1) is 0 Å². The lowest BCUT2D eigenvalue weighted by Gasteiger charge is -2.42. The first-order chi connectivity index (χ1) is 6.02. The third-order valence-corrected chi connectivity index (χ3v) is 1.94. The van der Waals surface area contributed by atoms with Crippen LogP contribution in [0.2, 0.25) is 0 Å². The van der Waals surface area contributed by atoms with Crippen molar-refractivity contribution >= 4 is 11.8 Å². The Labute approximate surface area is 74.5 Å². The number of nitrogens with zero attached hydrogens (tertiary/aromatic N) is 1. The van der Waals surface area contributed by atoms with Crippen molar-refractivity contribution in [1.29, 1.82) is 0 Å². The largest absolute Gasteiger partial charge is 0.393 e. The molecule has 6 heteroatoms. The second-order valence-corrected chi connectivity index (χ2v) is 3.05. The van der Waals surface area contributed by atoms with Crippen molar-refractivity contribution < 1.29 is 19.1 Å². The van der Waals surface area contributed by atoms with Crippen LogP contribution in [0.5, 0.6) is 0 Å². The van der Waals surface area contributed by atoms with Crippen LogP contribution in [0.15, 0.2) is 0 Å². The normalized spacial score (nSPS) is 19.2. The lowest BCUT2D eigenvalue weighted by Crippen LogP contribution is -2.64. The van der Waals surface area contributed by atoms with E-state index in [0.717, 1.165) is 4.90 Å². The van der Waals surface area contributed by atoms with E-state index >= 15 is 0 Å². The van der Waals surface area contributed by atoms with E-state index in [1.165, 1.54) is 7.05 Å². The molecule has 1 saturated heterocycles. The predicted molar refractivity (Wildman–Crippen MR) is 41.6 cm³/mol. The van der Waals surface area contributed by atoms with Crippen LogP contribution in [-0.2, 0) is 9.59 Å². The molecule has 13 heavy (non-hydrogen) atoms. The average molecular weight is 190 g/mol. The fraction of sp³-hybridized carbons (Fsp3) is 0.714. The summed E-state index contributed by atoms with van der Waals surface area (Å²) in [7, 11) is 1.33. The van der Waals surface area contributed by atoms with Gasteiger partial charge >= 0.3 is 11.8 Å². The van der Waals surface area contributed by atoms with Crippen molar-refractivity contribution in [3.63, 3.8) is 0 Å². The number of amides is 2. The summed E-state index contributed by atoms with van der Waals surface area (Å²) in [6.07, 6.45) is 0. The van der Waals surface area contributed by atoms with Crippen LogP contribution in [0.4, 0.5) is 4.39 Å². The fourth-order valence-corrected chi connectivity index (χ4v) is 1.13. The van der Waals surface area contributed by atoms with E-state index < -0.39 is 24.1 Å². The molecule has 2 amide bonds. The highest BCUT2D eigenvalue weighted by atomic mass is 19.1. The van der Waals surface area contributed by atoms with Gasteiger partial charge in [-0.3, -0.25) is 9.59 Å². The maximum absolute atomic E-state index is 13.0. The summed E-state index contributed by atoms with van der Waals surface area (Å²) in [6, 6.07) is 0. The molecule has 0 bridgehead atoms. The number of alkyl halides is 1. The maximum atomic E-state index is 13.0. The standard InChI is InChI=1S/C7H11FN2O3/c1-9-5(12)6(13)10-2-7(8,3-10)4-11/h11H,2-4H2,1H3,(H,9,12). The van der Waals surface area contributed by atoms with Crippen LogP contribution < -0.4 is 5.32 Å². The molecule has 1 aliphatic rings. The molecule has 0 aromatic rings. The number of hydrogen-bond donors (Lipinski definition) is 2. The van der Waals surface area contributed by atoms with Gasteiger partial charge in [0.05, 0.1) is 19.7 Å². The Morgan fingerprint density at radius 1 is 1.62 bits per heavy atom. The molecule has 0 aliphatic carbocycles. The second-order valence-electron chi connectivity index (χ2n) is 3.05. The van der Waals surface area contributed by atoms with E-state index in [-0.39, 0.29) is 13.1 Å². The van der Waals surface area contributed by atoms with E-state index in [4.69, 9.17) is 5.11 Å². The molecule has 1 rings (SSSR count). The number of likely N-dealkylation sites (N-methyl/N-ethyl adjacent to an activating group) is 1. The van der Waals surface area contributed by atoms with Gasteiger partial charge in [-0.25, -0.2) is 4.39 Å². The van der Waals surface area contributed by atoms with Gasteiger partial charge in [-0.15, -0.1) is 0 Å². The van der Waals surface area contributed by atoms with Gasteiger partial charge in [0.2, 0.25) is 0 Å². The van der Waals surface area contributed by atoms with E-state index in [0.29, 0.717) is 0 Å². The summed E-state index contributed by atoms with van der Waals surface area (Å²) in [5.41, 5.74) is -1.72. The van der Waals surface area contributed by atoms with Gasteiger partial charge in [-0.2, -0.15) is 0 Å². The fourth-order valence-electron chi connectivity index (χ4n) is 1.13. The number of aliphatic hydroxyl groups is 1. The first-order valence-corrected chi connectivity index (χ1v) is 3.83. The molecule has 0 saturated carbocycles. The highest BCUT2D eigenvalue weighted by molar-refractivity contribution is 6.35. The van der Waals surface area contributed by atoms with Crippen LogP contribution >= 0.6 is 0 Å². The SMILES string of the molecule is CNC(=O)C(=O)N1CC(F)(CO)C1. The summed E-state index contributed by atoms with van der Waals surface area (Å²) < 4.78 is 13.0. The Morgan fingerprint density at radius 2 is 2.15 bits per heavy atom. The molecule has 0 atom stereocenters. The molecular weight excluding hydrogens is 179 g/mol. The molecule has 5 nitrogen and oxygen atoms in total. The van der Waals surface area contributed by atoms with Crippen LogP contribution in [-0.4, -0.2) is 54.2 Å². The highest BCUT2D eigenvalue weighted by Gasteiger charge is 2.46. The molecule has 74 valence electrons. The molecule has 2 N–H and O–H groups in total. The number of carbonyl (C=O) groups excluding carboxylic acids is 2. The first kappa shape index (κ1) is 9.91. The van der Waals surface area contributed by atoms with Gasteiger partial charge < -0.3 is 15.3 Å². The van der Waals surface area contributed by atoms with Gasteiger partial charge in [0.15, 0.2) is 5.67 Å². The number of carbonyl (C=O) groups is 2. The van der Waals surface area contributed by atoms with Gasteiger partial charge in [-0.05, 0) is 0 Å².